The minimum absolute atomic E-state index is 0.0548. The summed E-state index contributed by atoms with van der Waals surface area (Å²) in [6.45, 7) is 2.99. The molecule has 0 unspecified atom stereocenters. The highest BCUT2D eigenvalue weighted by molar-refractivity contribution is 6.32. The summed E-state index contributed by atoms with van der Waals surface area (Å²) >= 11 is 6.26. The minimum Gasteiger partial charge on any atom is -0.367 e. The summed E-state index contributed by atoms with van der Waals surface area (Å²) in [6, 6.07) is 15.5. The van der Waals surface area contributed by atoms with Gasteiger partial charge in [-0.15, -0.1) is 0 Å². The number of ether oxygens (including phenoxy) is 1. The summed E-state index contributed by atoms with van der Waals surface area (Å²) in [4.78, 5) is 19.2. The molecule has 2 aromatic heterocycles. The lowest BCUT2D eigenvalue weighted by Crippen LogP contribution is -2.46. The number of benzene rings is 1. The molecule has 4 rings (SSSR count). The Balaban J connectivity index is 1.66. The number of carbonyl (C=O) groups is 1. The van der Waals surface area contributed by atoms with Crippen molar-refractivity contribution in [3.05, 3.63) is 71.1 Å². The van der Waals surface area contributed by atoms with E-state index in [1.807, 2.05) is 55.5 Å². The van der Waals surface area contributed by atoms with E-state index in [1.165, 1.54) is 0 Å². The Morgan fingerprint density at radius 1 is 1.16 bits per heavy atom. The number of hydrogen-bond acceptors (Lipinski definition) is 3. The van der Waals surface area contributed by atoms with E-state index in [2.05, 4.69) is 4.98 Å². The third-order valence-electron chi connectivity index (χ3n) is 4.41. The molecule has 0 spiro atoms. The van der Waals surface area contributed by atoms with Crippen LogP contribution in [0.3, 0.4) is 0 Å². The van der Waals surface area contributed by atoms with Crippen LogP contribution >= 0.6 is 11.6 Å². The minimum atomic E-state index is -0.146. The second-order valence-corrected chi connectivity index (χ2v) is 6.59. The van der Waals surface area contributed by atoms with Crippen LogP contribution < -0.4 is 0 Å². The molecule has 1 aliphatic rings. The maximum absolute atomic E-state index is 13.1. The lowest BCUT2D eigenvalue weighted by Gasteiger charge is -2.37. The molecule has 0 bridgehead atoms. The Bertz CT molecular complexity index is 909. The molecule has 1 aromatic carbocycles. The van der Waals surface area contributed by atoms with E-state index in [9.17, 15) is 4.79 Å². The first-order valence-electron chi connectivity index (χ1n) is 8.26. The summed E-state index contributed by atoms with van der Waals surface area (Å²) in [5.74, 6) is -0.125. The third-order valence-corrected chi connectivity index (χ3v) is 4.67. The van der Waals surface area contributed by atoms with Gasteiger partial charge in [0.2, 0.25) is 0 Å². The number of hydrogen-bond donors (Lipinski definition) is 0. The van der Waals surface area contributed by atoms with Crippen LogP contribution in [-0.2, 0) is 4.74 Å². The van der Waals surface area contributed by atoms with Crippen LogP contribution in [-0.4, -0.2) is 39.4 Å². The van der Waals surface area contributed by atoms with E-state index in [1.54, 1.807) is 15.5 Å². The third kappa shape index (κ3) is 3.01. The molecule has 0 radical (unpaired) electrons. The fourth-order valence-corrected chi connectivity index (χ4v) is 3.54. The van der Waals surface area contributed by atoms with Crippen LogP contribution in [0.2, 0.25) is 5.15 Å². The Labute approximate surface area is 150 Å². The van der Waals surface area contributed by atoms with Crippen molar-refractivity contribution in [1.82, 2.24) is 14.3 Å². The molecule has 128 valence electrons. The van der Waals surface area contributed by atoms with Gasteiger partial charge in [-0.25, -0.2) is 4.98 Å². The van der Waals surface area contributed by atoms with Crippen LogP contribution in [0.1, 0.15) is 29.1 Å². The van der Waals surface area contributed by atoms with Crippen molar-refractivity contribution in [3.63, 3.8) is 0 Å². The SMILES string of the molecule is C[C@H]1CN(C(=O)c2c(Cl)nc3ccccn23)C[C@@H](c2ccccc2)O1. The highest BCUT2D eigenvalue weighted by Gasteiger charge is 2.32. The van der Waals surface area contributed by atoms with Gasteiger partial charge >= 0.3 is 0 Å². The first-order chi connectivity index (χ1) is 12.1. The van der Waals surface area contributed by atoms with Gasteiger partial charge in [-0.05, 0) is 24.6 Å². The number of aromatic nitrogens is 2. The second-order valence-electron chi connectivity index (χ2n) is 6.24. The molecule has 1 saturated heterocycles. The molecule has 0 saturated carbocycles. The van der Waals surface area contributed by atoms with E-state index in [4.69, 9.17) is 16.3 Å². The number of amides is 1. The average Bonchev–Trinajstić information content (AvgIpc) is 2.97. The molecule has 5 nitrogen and oxygen atoms in total. The van der Waals surface area contributed by atoms with Gasteiger partial charge in [0.05, 0.1) is 12.6 Å². The monoisotopic (exact) mass is 355 g/mol. The van der Waals surface area contributed by atoms with Gasteiger partial charge in [0, 0.05) is 12.7 Å². The van der Waals surface area contributed by atoms with Gasteiger partial charge in [-0.3, -0.25) is 9.20 Å². The van der Waals surface area contributed by atoms with Crippen LogP contribution in [0.25, 0.3) is 5.65 Å². The number of pyridine rings is 1. The fraction of sp³-hybridized carbons (Fsp3) is 0.263. The van der Waals surface area contributed by atoms with Crippen molar-refractivity contribution in [3.8, 4) is 0 Å². The number of carbonyl (C=O) groups excluding carboxylic acids is 1. The maximum Gasteiger partial charge on any atom is 0.274 e. The van der Waals surface area contributed by atoms with Crippen LogP contribution in [0, 0.1) is 0 Å². The first-order valence-corrected chi connectivity index (χ1v) is 8.63. The topological polar surface area (TPSA) is 46.8 Å². The molecule has 25 heavy (non-hydrogen) atoms. The van der Waals surface area contributed by atoms with E-state index >= 15 is 0 Å². The molecule has 3 aromatic rings. The summed E-state index contributed by atoms with van der Waals surface area (Å²) in [5.41, 5.74) is 2.13. The van der Waals surface area contributed by atoms with Gasteiger partial charge in [-0.2, -0.15) is 0 Å². The molecular weight excluding hydrogens is 338 g/mol. The van der Waals surface area contributed by atoms with Crippen molar-refractivity contribution in [2.75, 3.05) is 13.1 Å². The van der Waals surface area contributed by atoms with Crippen molar-refractivity contribution in [2.24, 2.45) is 0 Å². The lowest BCUT2D eigenvalue weighted by molar-refractivity contribution is -0.0693. The summed E-state index contributed by atoms with van der Waals surface area (Å²) in [7, 11) is 0. The molecule has 6 heteroatoms. The number of nitrogens with zero attached hydrogens (tertiary/aromatic N) is 3. The van der Waals surface area contributed by atoms with Crippen molar-refractivity contribution >= 4 is 23.2 Å². The average molecular weight is 356 g/mol. The van der Waals surface area contributed by atoms with Crippen LogP contribution in [0.4, 0.5) is 0 Å². The van der Waals surface area contributed by atoms with Gasteiger partial charge < -0.3 is 9.64 Å². The number of fused-ring (bicyclic) bond motifs is 1. The van der Waals surface area contributed by atoms with E-state index in [0.717, 1.165) is 5.56 Å². The zero-order valence-corrected chi connectivity index (χ0v) is 14.6. The van der Waals surface area contributed by atoms with E-state index < -0.39 is 0 Å². The highest BCUT2D eigenvalue weighted by Crippen LogP contribution is 2.27. The molecular formula is C19H18ClN3O2. The Morgan fingerprint density at radius 2 is 1.92 bits per heavy atom. The standard InChI is InChI=1S/C19H18ClN3O2/c1-13-11-22(12-15(25-13)14-7-3-2-4-8-14)19(24)17-18(20)21-16-9-5-6-10-23(16)17/h2-10,13,15H,11-12H2,1H3/t13-,15-/m0/s1. The Kier molecular flexibility index (Phi) is 4.19. The van der Waals surface area contributed by atoms with E-state index in [0.29, 0.717) is 24.4 Å². The van der Waals surface area contributed by atoms with Gasteiger partial charge in [0.25, 0.3) is 5.91 Å². The van der Waals surface area contributed by atoms with Gasteiger partial charge in [0.1, 0.15) is 11.8 Å². The number of rotatable bonds is 2. The molecule has 1 amide bonds. The quantitative estimate of drug-likeness (QED) is 0.705. The predicted molar refractivity (Wildman–Crippen MR) is 95.8 cm³/mol. The summed E-state index contributed by atoms with van der Waals surface area (Å²) < 4.78 is 7.78. The highest BCUT2D eigenvalue weighted by atomic mass is 35.5. The van der Waals surface area contributed by atoms with Crippen molar-refractivity contribution < 1.29 is 9.53 Å². The zero-order valence-electron chi connectivity index (χ0n) is 13.8. The largest absolute Gasteiger partial charge is 0.367 e. The number of halogens is 1. The Hall–Kier alpha value is -2.37. The lowest BCUT2D eigenvalue weighted by atomic mass is 10.1. The molecule has 1 aliphatic heterocycles. The van der Waals surface area contributed by atoms with Gasteiger partial charge in [-0.1, -0.05) is 48.0 Å². The molecule has 2 atom stereocenters. The van der Waals surface area contributed by atoms with Crippen LogP contribution in [0.5, 0.6) is 0 Å². The number of morpholine rings is 1. The van der Waals surface area contributed by atoms with Crippen molar-refractivity contribution in [2.45, 2.75) is 19.1 Å². The predicted octanol–water partition coefficient (Wildman–Crippen LogP) is 3.59. The summed E-state index contributed by atoms with van der Waals surface area (Å²) in [5, 5.41) is 0.228. The molecule has 0 aliphatic carbocycles. The first kappa shape index (κ1) is 16.1. The molecule has 1 fully saturated rings. The number of imidazole rings is 1. The second kappa shape index (κ2) is 6.50. The zero-order chi connectivity index (χ0) is 17.4. The molecule has 0 N–H and O–H groups in total. The molecule has 3 heterocycles. The van der Waals surface area contributed by atoms with Crippen molar-refractivity contribution in [1.29, 1.82) is 0 Å². The normalized spacial score (nSPS) is 20.8. The fourth-order valence-electron chi connectivity index (χ4n) is 3.28. The van der Waals surface area contributed by atoms with Crippen LogP contribution in [0.15, 0.2) is 54.7 Å². The Morgan fingerprint density at radius 3 is 2.72 bits per heavy atom. The maximum atomic E-state index is 13.1. The summed E-state index contributed by atoms with van der Waals surface area (Å²) in [6.07, 6.45) is 1.60. The van der Waals surface area contributed by atoms with E-state index in [-0.39, 0.29) is 23.3 Å². The smallest absolute Gasteiger partial charge is 0.274 e. The van der Waals surface area contributed by atoms with Gasteiger partial charge in [0.15, 0.2) is 10.8 Å².